The second kappa shape index (κ2) is 9.47. The Morgan fingerprint density at radius 2 is 1.25 bits per heavy atom. The fourth-order valence-corrected chi connectivity index (χ4v) is 0.899. The molecule has 0 saturated carbocycles. The van der Waals surface area contributed by atoms with Crippen molar-refractivity contribution in [1.29, 1.82) is 10.5 Å². The van der Waals surface area contributed by atoms with E-state index >= 15 is 0 Å². The predicted molar refractivity (Wildman–Crippen MR) is 55.7 cm³/mol. The monoisotopic (exact) mass is 222 g/mol. The highest BCUT2D eigenvalue weighted by atomic mass is 16.2. The van der Waals surface area contributed by atoms with E-state index in [0.29, 0.717) is 38.8 Å². The molecule has 6 nitrogen and oxygen atoms in total. The number of rotatable bonds is 6. The molecule has 0 heterocycles. The molecule has 86 valence electrons. The summed E-state index contributed by atoms with van der Waals surface area (Å²) >= 11 is 0. The molecule has 0 aromatic rings. The Balaban J connectivity index is 3.55. The third-order valence-electron chi connectivity index (χ3n) is 1.71. The van der Waals surface area contributed by atoms with E-state index < -0.39 is 11.8 Å². The first-order valence-electron chi connectivity index (χ1n) is 5.02. The minimum absolute atomic E-state index is 0.317. The molecule has 0 rings (SSSR count). The van der Waals surface area contributed by atoms with Gasteiger partial charge < -0.3 is 10.6 Å². The third kappa shape index (κ3) is 7.34. The number of hydrogen-bond acceptors (Lipinski definition) is 4. The topological polar surface area (TPSA) is 106 Å². The minimum atomic E-state index is -0.699. The number of nitrogens with one attached hydrogen (secondary N) is 2. The molecule has 0 radical (unpaired) electrons. The lowest BCUT2D eigenvalue weighted by atomic mass is 10.3. The van der Waals surface area contributed by atoms with E-state index in [9.17, 15) is 9.59 Å². The Labute approximate surface area is 94.2 Å². The number of amides is 2. The first-order valence-corrected chi connectivity index (χ1v) is 5.02. The Hall–Kier alpha value is -2.08. The zero-order valence-corrected chi connectivity index (χ0v) is 8.95. The zero-order chi connectivity index (χ0) is 12.2. The van der Waals surface area contributed by atoms with Crippen molar-refractivity contribution in [2.24, 2.45) is 0 Å². The molecule has 0 atom stereocenters. The number of carbonyl (C=O) groups excluding carboxylic acids is 2. The minimum Gasteiger partial charge on any atom is -0.348 e. The fourth-order valence-electron chi connectivity index (χ4n) is 0.899. The molecule has 6 heteroatoms. The summed E-state index contributed by atoms with van der Waals surface area (Å²) in [4.78, 5) is 22.2. The van der Waals surface area contributed by atoms with Gasteiger partial charge in [-0.05, 0) is 12.8 Å². The zero-order valence-electron chi connectivity index (χ0n) is 8.95. The van der Waals surface area contributed by atoms with Gasteiger partial charge in [-0.3, -0.25) is 9.59 Å². The maximum absolute atomic E-state index is 11.1. The van der Waals surface area contributed by atoms with Crippen LogP contribution in [0.2, 0.25) is 0 Å². The first kappa shape index (κ1) is 13.9. The van der Waals surface area contributed by atoms with Crippen molar-refractivity contribution in [1.82, 2.24) is 10.6 Å². The van der Waals surface area contributed by atoms with Crippen molar-refractivity contribution in [2.75, 3.05) is 13.1 Å². The highest BCUT2D eigenvalue weighted by Gasteiger charge is 2.10. The van der Waals surface area contributed by atoms with Gasteiger partial charge in [0, 0.05) is 25.9 Å². The van der Waals surface area contributed by atoms with Crippen LogP contribution in [0, 0.1) is 22.7 Å². The van der Waals surface area contributed by atoms with Gasteiger partial charge >= 0.3 is 11.8 Å². The molecule has 2 N–H and O–H groups in total. The largest absolute Gasteiger partial charge is 0.348 e. The summed E-state index contributed by atoms with van der Waals surface area (Å²) < 4.78 is 0. The molecule has 0 saturated heterocycles. The van der Waals surface area contributed by atoms with E-state index in [0.717, 1.165) is 0 Å². The van der Waals surface area contributed by atoms with E-state index in [2.05, 4.69) is 10.6 Å². The van der Waals surface area contributed by atoms with Gasteiger partial charge in [0.2, 0.25) is 0 Å². The summed E-state index contributed by atoms with van der Waals surface area (Å²) in [5, 5.41) is 21.3. The maximum atomic E-state index is 11.1. The van der Waals surface area contributed by atoms with Gasteiger partial charge in [0.1, 0.15) is 0 Å². The van der Waals surface area contributed by atoms with Crippen LogP contribution < -0.4 is 10.6 Å². The predicted octanol–water partition coefficient (Wildman–Crippen LogP) is -0.174. The van der Waals surface area contributed by atoms with Crippen LogP contribution in [0.25, 0.3) is 0 Å². The molecule has 0 fully saturated rings. The highest BCUT2D eigenvalue weighted by molar-refractivity contribution is 6.35. The molecule has 0 spiro atoms. The van der Waals surface area contributed by atoms with E-state index in [4.69, 9.17) is 10.5 Å². The van der Waals surface area contributed by atoms with Crippen molar-refractivity contribution in [2.45, 2.75) is 25.7 Å². The SMILES string of the molecule is N#CCCCNC(=O)C(=O)NCCCC#N. The van der Waals surface area contributed by atoms with Crippen molar-refractivity contribution >= 4 is 11.8 Å². The van der Waals surface area contributed by atoms with Gasteiger partial charge in [-0.2, -0.15) is 10.5 Å². The molecule has 2 amide bonds. The summed E-state index contributed by atoms with van der Waals surface area (Å²) in [5.41, 5.74) is 0. The Bertz CT molecular complexity index is 282. The van der Waals surface area contributed by atoms with Crippen molar-refractivity contribution in [3.8, 4) is 12.1 Å². The average Bonchev–Trinajstić information content (AvgIpc) is 2.29. The molecule has 0 bridgehead atoms. The van der Waals surface area contributed by atoms with Crippen molar-refractivity contribution < 1.29 is 9.59 Å². The van der Waals surface area contributed by atoms with Crippen LogP contribution in [-0.4, -0.2) is 24.9 Å². The quantitative estimate of drug-likeness (QED) is 0.480. The molecule has 0 aliphatic heterocycles. The molecule has 0 aliphatic carbocycles. The van der Waals surface area contributed by atoms with Crippen LogP contribution in [0.15, 0.2) is 0 Å². The van der Waals surface area contributed by atoms with Gasteiger partial charge in [0.25, 0.3) is 0 Å². The highest BCUT2D eigenvalue weighted by Crippen LogP contribution is 1.84. The Morgan fingerprint density at radius 3 is 1.56 bits per heavy atom. The van der Waals surface area contributed by atoms with Gasteiger partial charge in [-0.1, -0.05) is 0 Å². The Kier molecular flexibility index (Phi) is 8.24. The van der Waals surface area contributed by atoms with Crippen LogP contribution in [0.3, 0.4) is 0 Å². The van der Waals surface area contributed by atoms with Crippen LogP contribution in [0.5, 0.6) is 0 Å². The van der Waals surface area contributed by atoms with Gasteiger partial charge in [0.15, 0.2) is 0 Å². The second-order valence-corrected chi connectivity index (χ2v) is 3.04. The lowest BCUT2D eigenvalue weighted by molar-refractivity contribution is -0.139. The number of hydrogen-bond donors (Lipinski definition) is 2. The van der Waals surface area contributed by atoms with Crippen LogP contribution in [0.1, 0.15) is 25.7 Å². The lowest BCUT2D eigenvalue weighted by Crippen LogP contribution is -2.40. The molecule has 0 aromatic carbocycles. The normalized spacial score (nSPS) is 8.62. The summed E-state index contributed by atoms with van der Waals surface area (Å²) in [6.07, 6.45) is 1.77. The summed E-state index contributed by atoms with van der Waals surface area (Å²) in [6.45, 7) is 0.635. The summed E-state index contributed by atoms with van der Waals surface area (Å²) in [6, 6.07) is 3.87. The van der Waals surface area contributed by atoms with Crippen LogP contribution in [-0.2, 0) is 9.59 Å². The van der Waals surface area contributed by atoms with Crippen LogP contribution >= 0.6 is 0 Å². The molecular formula is C10H14N4O2. The van der Waals surface area contributed by atoms with E-state index in [-0.39, 0.29) is 0 Å². The molecule has 16 heavy (non-hydrogen) atoms. The van der Waals surface area contributed by atoms with E-state index in [1.54, 1.807) is 0 Å². The second-order valence-electron chi connectivity index (χ2n) is 3.04. The van der Waals surface area contributed by atoms with E-state index in [1.165, 1.54) is 0 Å². The smallest absolute Gasteiger partial charge is 0.309 e. The third-order valence-corrected chi connectivity index (χ3v) is 1.71. The lowest BCUT2D eigenvalue weighted by Gasteiger charge is -2.04. The number of nitrogens with zero attached hydrogens (tertiary/aromatic N) is 2. The number of nitriles is 2. The summed E-state index contributed by atoms with van der Waals surface area (Å²) in [7, 11) is 0. The van der Waals surface area contributed by atoms with Crippen LogP contribution in [0.4, 0.5) is 0 Å². The fraction of sp³-hybridized carbons (Fsp3) is 0.600. The summed E-state index contributed by atoms with van der Waals surface area (Å²) in [5.74, 6) is -1.40. The van der Waals surface area contributed by atoms with Crippen molar-refractivity contribution in [3.05, 3.63) is 0 Å². The number of unbranched alkanes of at least 4 members (excludes halogenated alkanes) is 2. The molecule has 0 unspecified atom stereocenters. The maximum Gasteiger partial charge on any atom is 0.309 e. The van der Waals surface area contributed by atoms with Crippen molar-refractivity contribution in [3.63, 3.8) is 0 Å². The number of carbonyl (C=O) groups is 2. The van der Waals surface area contributed by atoms with Gasteiger partial charge in [-0.25, -0.2) is 0 Å². The first-order chi connectivity index (χ1) is 7.72. The average molecular weight is 222 g/mol. The molecular weight excluding hydrogens is 208 g/mol. The van der Waals surface area contributed by atoms with Gasteiger partial charge in [0.05, 0.1) is 12.1 Å². The van der Waals surface area contributed by atoms with E-state index in [1.807, 2.05) is 12.1 Å². The molecule has 0 aliphatic rings. The van der Waals surface area contributed by atoms with Gasteiger partial charge in [-0.15, -0.1) is 0 Å². The standard InChI is InChI=1S/C10H14N4O2/c11-5-1-3-7-13-9(15)10(16)14-8-4-2-6-12/h1-4,7-8H2,(H,13,15)(H,14,16). The Morgan fingerprint density at radius 1 is 0.875 bits per heavy atom. The molecule has 0 aromatic heterocycles.